The average molecular weight is 521 g/mol. The molecule has 0 aliphatic carbocycles. The highest BCUT2D eigenvalue weighted by atomic mass is 79.9. The second kappa shape index (κ2) is 9.41. The van der Waals surface area contributed by atoms with Crippen molar-refractivity contribution in [1.82, 2.24) is 10.3 Å². The zero-order valence-electron chi connectivity index (χ0n) is 18.3. The molecule has 3 rings (SSSR count). The normalized spacial score (nSPS) is 14.7. The van der Waals surface area contributed by atoms with Crippen LogP contribution < -0.4 is 10.1 Å². The van der Waals surface area contributed by atoms with Gasteiger partial charge in [-0.05, 0) is 51.1 Å². The molecule has 0 fully saturated rings. The van der Waals surface area contributed by atoms with Gasteiger partial charge in [-0.3, -0.25) is 4.79 Å². The van der Waals surface area contributed by atoms with Crippen molar-refractivity contribution in [2.75, 3.05) is 13.7 Å². The largest absolute Gasteiger partial charge is 0.496 e. The number of rotatable bonds is 6. The van der Waals surface area contributed by atoms with E-state index in [1.54, 1.807) is 37.6 Å². The number of hydrazone groups is 1. The highest BCUT2D eigenvalue weighted by molar-refractivity contribution is 9.10. The summed E-state index contributed by atoms with van der Waals surface area (Å²) in [7, 11) is -2.28. The first-order chi connectivity index (χ1) is 15.0. The van der Waals surface area contributed by atoms with E-state index in [2.05, 4.69) is 30.7 Å². The topological polar surface area (TPSA) is 100 Å². The first-order valence-corrected chi connectivity index (χ1v) is 12.1. The molecular weight excluding hydrogens is 496 g/mol. The van der Waals surface area contributed by atoms with E-state index in [1.165, 1.54) is 11.1 Å². The quantitative estimate of drug-likeness (QED) is 0.463. The zero-order chi connectivity index (χ0) is 23.5. The molecule has 0 saturated carbocycles. The van der Waals surface area contributed by atoms with E-state index in [0.29, 0.717) is 16.9 Å². The Morgan fingerprint density at radius 1 is 1.25 bits per heavy atom. The number of amides is 1. The summed E-state index contributed by atoms with van der Waals surface area (Å²) in [6.07, 6.45) is 1.66. The summed E-state index contributed by atoms with van der Waals surface area (Å²) < 4.78 is 35.2. The van der Waals surface area contributed by atoms with E-state index >= 15 is 0 Å². The van der Waals surface area contributed by atoms with Gasteiger partial charge in [0.15, 0.2) is 5.84 Å². The van der Waals surface area contributed by atoms with Gasteiger partial charge in [0, 0.05) is 27.6 Å². The Morgan fingerprint density at radius 3 is 2.66 bits per heavy atom. The fraction of sp³-hybridized carbons (Fsp3) is 0.318. The van der Waals surface area contributed by atoms with Crippen LogP contribution in [0.3, 0.4) is 0 Å². The molecular formula is C22H25BrN4O4S. The summed E-state index contributed by atoms with van der Waals surface area (Å²) >= 11 is 3.43. The van der Waals surface area contributed by atoms with Gasteiger partial charge < -0.3 is 10.1 Å². The maximum absolute atomic E-state index is 12.5. The molecule has 10 heteroatoms. The minimum absolute atomic E-state index is 0.103. The van der Waals surface area contributed by atoms with Crippen LogP contribution in [0.25, 0.3) is 0 Å². The van der Waals surface area contributed by atoms with Crippen molar-refractivity contribution in [2.24, 2.45) is 9.50 Å². The lowest BCUT2D eigenvalue weighted by atomic mass is 10.1. The molecule has 1 heterocycles. The lowest BCUT2D eigenvalue weighted by Crippen LogP contribution is -2.42. The molecule has 0 saturated heterocycles. The molecule has 1 amide bonds. The van der Waals surface area contributed by atoms with Crippen molar-refractivity contribution in [2.45, 2.75) is 37.6 Å². The van der Waals surface area contributed by atoms with Crippen LogP contribution in [0.1, 0.15) is 38.3 Å². The highest BCUT2D eigenvalue weighted by Gasteiger charge is 2.32. The van der Waals surface area contributed by atoms with Gasteiger partial charge in [0.2, 0.25) is 5.91 Å². The molecule has 1 aliphatic heterocycles. The predicted molar refractivity (Wildman–Crippen MR) is 128 cm³/mol. The number of sulfonamides is 1. The Morgan fingerprint density at radius 2 is 1.97 bits per heavy atom. The standard InChI is InChI=1S/C22H25BrN4O4S/c1-22(2,3)25-20(28)11-12-27(24-14-15-13-16(23)9-10-18(15)31-4)21-17-7-5-6-8-19(17)32(29,30)26-21/h5-10,13-14H,11-12H2,1-4H3,(H,25,28). The van der Waals surface area contributed by atoms with Gasteiger partial charge in [0.1, 0.15) is 10.6 Å². The molecule has 170 valence electrons. The minimum atomic E-state index is -3.83. The lowest BCUT2D eigenvalue weighted by molar-refractivity contribution is -0.122. The van der Waals surface area contributed by atoms with Crippen molar-refractivity contribution in [3.63, 3.8) is 0 Å². The molecule has 2 aromatic carbocycles. The molecule has 0 aromatic heterocycles. The van der Waals surface area contributed by atoms with Gasteiger partial charge in [-0.25, -0.2) is 5.01 Å². The third kappa shape index (κ3) is 5.74. The first kappa shape index (κ1) is 23.9. The third-order valence-corrected chi connectivity index (χ3v) is 6.27. The van der Waals surface area contributed by atoms with Crippen molar-refractivity contribution < 1.29 is 17.9 Å². The number of carbonyl (C=O) groups is 1. The zero-order valence-corrected chi connectivity index (χ0v) is 20.7. The molecule has 0 spiro atoms. The smallest absolute Gasteiger partial charge is 0.285 e. The van der Waals surface area contributed by atoms with Gasteiger partial charge in [-0.1, -0.05) is 28.1 Å². The van der Waals surface area contributed by atoms with E-state index < -0.39 is 10.0 Å². The molecule has 32 heavy (non-hydrogen) atoms. The average Bonchev–Trinajstić information content (AvgIpc) is 2.98. The van der Waals surface area contributed by atoms with Crippen LogP contribution in [-0.4, -0.2) is 50.6 Å². The number of halogens is 1. The highest BCUT2D eigenvalue weighted by Crippen LogP contribution is 2.28. The van der Waals surface area contributed by atoms with Gasteiger partial charge >= 0.3 is 0 Å². The molecule has 1 N–H and O–H groups in total. The van der Waals surface area contributed by atoms with Crippen LogP contribution in [0.15, 0.2) is 61.3 Å². The Balaban J connectivity index is 1.96. The summed E-state index contributed by atoms with van der Waals surface area (Å²) in [5, 5.41) is 8.83. The van der Waals surface area contributed by atoms with Gasteiger partial charge in [0.25, 0.3) is 10.0 Å². The monoisotopic (exact) mass is 520 g/mol. The van der Waals surface area contributed by atoms with Crippen LogP contribution in [0.5, 0.6) is 5.75 Å². The summed E-state index contributed by atoms with van der Waals surface area (Å²) in [5.74, 6) is 0.602. The molecule has 0 atom stereocenters. The molecule has 0 unspecified atom stereocenters. The fourth-order valence-corrected chi connectivity index (χ4v) is 4.70. The van der Waals surface area contributed by atoms with E-state index in [4.69, 9.17) is 4.74 Å². The van der Waals surface area contributed by atoms with Crippen molar-refractivity contribution in [3.8, 4) is 5.75 Å². The summed E-state index contributed by atoms with van der Waals surface area (Å²) in [5.41, 5.74) is 0.748. The number of nitrogens with one attached hydrogen (secondary N) is 1. The molecule has 0 bridgehead atoms. The Kier molecular flexibility index (Phi) is 7.04. The van der Waals surface area contributed by atoms with E-state index in [-0.39, 0.29) is 35.1 Å². The number of benzene rings is 2. The van der Waals surface area contributed by atoms with E-state index in [1.807, 2.05) is 32.9 Å². The Bertz CT molecular complexity index is 1190. The van der Waals surface area contributed by atoms with Crippen LogP contribution in [0.2, 0.25) is 0 Å². The maximum Gasteiger partial charge on any atom is 0.285 e. The number of amidine groups is 1. The summed E-state index contributed by atoms with van der Waals surface area (Å²) in [6.45, 7) is 5.82. The van der Waals surface area contributed by atoms with Crippen molar-refractivity contribution in [1.29, 1.82) is 0 Å². The molecule has 2 aromatic rings. The Hall–Kier alpha value is -2.72. The first-order valence-electron chi connectivity index (χ1n) is 9.90. The molecule has 8 nitrogen and oxygen atoms in total. The predicted octanol–water partition coefficient (Wildman–Crippen LogP) is 3.55. The third-order valence-electron chi connectivity index (χ3n) is 4.45. The van der Waals surface area contributed by atoms with Gasteiger partial charge in [0.05, 0.1) is 19.9 Å². The van der Waals surface area contributed by atoms with Gasteiger partial charge in [-0.15, -0.1) is 4.40 Å². The summed E-state index contributed by atoms with van der Waals surface area (Å²) in [4.78, 5) is 12.5. The number of methoxy groups -OCH3 is 1. The van der Waals surface area contributed by atoms with E-state index in [9.17, 15) is 13.2 Å². The van der Waals surface area contributed by atoms with Gasteiger partial charge in [-0.2, -0.15) is 13.5 Å². The number of carbonyl (C=O) groups excluding carboxylic acids is 1. The fourth-order valence-electron chi connectivity index (χ4n) is 3.12. The second-order valence-corrected chi connectivity index (χ2v) is 10.7. The van der Waals surface area contributed by atoms with Crippen molar-refractivity contribution >= 4 is 43.9 Å². The number of nitrogens with zero attached hydrogens (tertiary/aromatic N) is 3. The number of hydrogen-bond acceptors (Lipinski definition) is 6. The van der Waals surface area contributed by atoms with Crippen LogP contribution >= 0.6 is 15.9 Å². The van der Waals surface area contributed by atoms with Crippen molar-refractivity contribution in [3.05, 3.63) is 58.1 Å². The SMILES string of the molecule is COc1ccc(Br)cc1C=NN(CCC(=O)NC(C)(C)C)C1=NS(=O)(=O)c2ccccc21. The lowest BCUT2D eigenvalue weighted by Gasteiger charge is -2.23. The second-order valence-electron chi connectivity index (χ2n) is 8.19. The number of ether oxygens (including phenoxy) is 1. The molecule has 0 radical (unpaired) electrons. The van der Waals surface area contributed by atoms with E-state index in [0.717, 1.165) is 4.47 Å². The molecule has 1 aliphatic rings. The number of fused-ring (bicyclic) bond motifs is 1. The maximum atomic E-state index is 12.5. The van der Waals surface area contributed by atoms with Crippen LogP contribution in [0.4, 0.5) is 0 Å². The summed E-state index contributed by atoms with van der Waals surface area (Å²) in [6, 6.07) is 12.0. The number of hydrogen-bond donors (Lipinski definition) is 1. The Labute approximate surface area is 196 Å². The van der Waals surface area contributed by atoms with Crippen LogP contribution in [0, 0.1) is 0 Å². The minimum Gasteiger partial charge on any atom is -0.496 e. The van der Waals surface area contributed by atoms with Crippen LogP contribution in [-0.2, 0) is 14.8 Å².